The first-order valence-corrected chi connectivity index (χ1v) is 10.3. The number of quaternary nitrogens is 1. The van der Waals surface area contributed by atoms with Crippen LogP contribution >= 0.6 is 23.4 Å². The molecule has 0 spiro atoms. The highest BCUT2D eigenvalue weighted by Crippen LogP contribution is 2.30. The van der Waals surface area contributed by atoms with Gasteiger partial charge in [0.05, 0.1) is 32.3 Å². The summed E-state index contributed by atoms with van der Waals surface area (Å²) >= 11 is 8.18. The third-order valence-electron chi connectivity index (χ3n) is 4.52. The molecule has 0 bridgehead atoms. The van der Waals surface area contributed by atoms with E-state index in [1.165, 1.54) is 9.80 Å². The van der Waals surface area contributed by atoms with Crippen LogP contribution in [0.1, 0.15) is 11.1 Å². The number of hydrogen-bond donors (Lipinski definition) is 1. The molecule has 6 heteroatoms. The number of halogens is 1. The highest BCUT2D eigenvalue weighted by Gasteiger charge is 2.16. The van der Waals surface area contributed by atoms with Crippen molar-refractivity contribution < 1.29 is 14.4 Å². The van der Waals surface area contributed by atoms with Gasteiger partial charge in [-0.3, -0.25) is 0 Å². The number of benzene rings is 2. The van der Waals surface area contributed by atoms with Crippen LogP contribution in [0.3, 0.4) is 0 Å². The van der Waals surface area contributed by atoms with E-state index in [-0.39, 0.29) is 0 Å². The van der Waals surface area contributed by atoms with Gasteiger partial charge in [0.25, 0.3) is 0 Å². The number of para-hydroxylation sites is 1. The molecule has 0 aliphatic carbocycles. The Morgan fingerprint density at radius 3 is 2.52 bits per heavy atom. The Morgan fingerprint density at radius 2 is 1.81 bits per heavy atom. The van der Waals surface area contributed by atoms with Crippen LogP contribution in [-0.4, -0.2) is 32.5 Å². The first-order valence-electron chi connectivity index (χ1n) is 8.70. The van der Waals surface area contributed by atoms with Gasteiger partial charge < -0.3 is 14.4 Å². The smallest absolute Gasteiger partial charge is 0.169 e. The maximum absolute atomic E-state index is 6.48. The van der Waals surface area contributed by atoms with E-state index in [4.69, 9.17) is 21.1 Å². The molecule has 0 aliphatic rings. The fourth-order valence-electron chi connectivity index (χ4n) is 3.22. The number of nitrogens with zero attached hydrogens (tertiary/aromatic N) is 1. The topological polar surface area (TPSA) is 35.8 Å². The van der Waals surface area contributed by atoms with Crippen LogP contribution in [0.5, 0.6) is 11.5 Å². The van der Waals surface area contributed by atoms with E-state index in [1.807, 2.05) is 12.1 Å². The Bertz CT molecular complexity index is 949. The van der Waals surface area contributed by atoms with Crippen LogP contribution in [0, 0.1) is 0 Å². The molecule has 142 valence electrons. The minimum Gasteiger partial charge on any atom is -0.493 e. The van der Waals surface area contributed by atoms with Gasteiger partial charge in [0.15, 0.2) is 11.5 Å². The van der Waals surface area contributed by atoms with Crippen LogP contribution in [0.4, 0.5) is 0 Å². The van der Waals surface area contributed by atoms with Crippen molar-refractivity contribution in [2.45, 2.75) is 18.0 Å². The van der Waals surface area contributed by atoms with Crippen LogP contribution in [-0.2, 0) is 13.1 Å². The van der Waals surface area contributed by atoms with E-state index < -0.39 is 0 Å². The molecule has 0 saturated carbocycles. The maximum Gasteiger partial charge on any atom is 0.169 e. The number of ether oxygens (including phenoxy) is 2. The molecule has 2 aromatic carbocycles. The lowest BCUT2D eigenvalue weighted by atomic mass is 10.1. The molecule has 1 aromatic heterocycles. The molecule has 1 heterocycles. The standard InChI is InChI=1S/C21H23ClN2O2S/c1-24(12-15-6-5-7-19(25-2)20(15)26-3)13-16-10-14-8-9-17(27-4)11-18(14)23-21(16)22/h5-11H,12-13H2,1-4H3/p+1. The van der Waals surface area contributed by atoms with Gasteiger partial charge in [-0.2, -0.15) is 0 Å². The second kappa shape index (κ2) is 8.83. The molecule has 0 radical (unpaired) electrons. The second-order valence-electron chi connectivity index (χ2n) is 6.46. The van der Waals surface area contributed by atoms with Crippen LogP contribution in [0.25, 0.3) is 10.9 Å². The Balaban J connectivity index is 1.82. The molecule has 3 aromatic rings. The average molecular weight is 404 g/mol. The molecule has 1 unspecified atom stereocenters. The monoisotopic (exact) mass is 403 g/mol. The average Bonchev–Trinajstić information content (AvgIpc) is 2.67. The van der Waals surface area contributed by atoms with E-state index in [9.17, 15) is 0 Å². The fourth-order valence-corrected chi connectivity index (χ4v) is 3.87. The maximum atomic E-state index is 6.48. The fraction of sp³-hybridized carbons (Fsp3) is 0.286. The molecule has 0 saturated heterocycles. The van der Waals surface area contributed by atoms with Gasteiger partial charge in [-0.05, 0) is 36.6 Å². The summed E-state index contributed by atoms with van der Waals surface area (Å²) in [6.07, 6.45) is 2.06. The van der Waals surface area contributed by atoms with E-state index in [2.05, 4.69) is 48.6 Å². The van der Waals surface area contributed by atoms with Crippen molar-refractivity contribution in [1.29, 1.82) is 0 Å². The first-order chi connectivity index (χ1) is 13.0. The number of methoxy groups -OCH3 is 2. The normalized spacial score (nSPS) is 12.2. The third-order valence-corrected chi connectivity index (χ3v) is 5.57. The van der Waals surface area contributed by atoms with Crippen LogP contribution < -0.4 is 14.4 Å². The van der Waals surface area contributed by atoms with Gasteiger partial charge in [0, 0.05) is 15.8 Å². The second-order valence-corrected chi connectivity index (χ2v) is 7.70. The van der Waals surface area contributed by atoms with Crippen LogP contribution in [0.15, 0.2) is 47.4 Å². The van der Waals surface area contributed by atoms with Crippen molar-refractivity contribution in [2.75, 3.05) is 27.5 Å². The summed E-state index contributed by atoms with van der Waals surface area (Å²) in [5.74, 6) is 1.53. The van der Waals surface area contributed by atoms with Gasteiger partial charge in [-0.1, -0.05) is 23.7 Å². The predicted octanol–water partition coefficient (Wildman–Crippen LogP) is 3.84. The zero-order valence-corrected chi connectivity index (χ0v) is 17.6. The largest absolute Gasteiger partial charge is 0.493 e. The number of pyridine rings is 1. The molecule has 4 nitrogen and oxygen atoms in total. The lowest BCUT2D eigenvalue weighted by Crippen LogP contribution is -3.06. The van der Waals surface area contributed by atoms with Gasteiger partial charge in [-0.25, -0.2) is 4.98 Å². The molecule has 0 amide bonds. The predicted molar refractivity (Wildman–Crippen MR) is 112 cm³/mol. The van der Waals surface area contributed by atoms with Crippen molar-refractivity contribution in [3.63, 3.8) is 0 Å². The summed E-state index contributed by atoms with van der Waals surface area (Å²) in [6, 6.07) is 14.4. The van der Waals surface area contributed by atoms with E-state index in [1.54, 1.807) is 26.0 Å². The number of thioether (sulfide) groups is 1. The molecule has 1 atom stereocenters. The minimum absolute atomic E-state index is 0.567. The molecule has 0 aliphatic heterocycles. The van der Waals surface area contributed by atoms with E-state index >= 15 is 0 Å². The summed E-state index contributed by atoms with van der Waals surface area (Å²) in [5.41, 5.74) is 3.08. The molecule has 3 rings (SSSR count). The van der Waals surface area contributed by atoms with Crippen LogP contribution in [0.2, 0.25) is 5.15 Å². The summed E-state index contributed by atoms with van der Waals surface area (Å²) in [7, 11) is 5.46. The third kappa shape index (κ3) is 4.49. The number of rotatable bonds is 7. The van der Waals surface area contributed by atoms with Gasteiger partial charge in [-0.15, -0.1) is 11.8 Å². The number of hydrogen-bond acceptors (Lipinski definition) is 4. The summed E-state index contributed by atoms with van der Waals surface area (Å²) < 4.78 is 10.9. The van der Waals surface area contributed by atoms with E-state index in [0.29, 0.717) is 5.15 Å². The summed E-state index contributed by atoms with van der Waals surface area (Å²) in [4.78, 5) is 7.07. The lowest BCUT2D eigenvalue weighted by molar-refractivity contribution is -0.907. The Kier molecular flexibility index (Phi) is 6.47. The highest BCUT2D eigenvalue weighted by molar-refractivity contribution is 7.98. The lowest BCUT2D eigenvalue weighted by Gasteiger charge is -2.18. The molecular formula is C21H24ClN2O2S+. The van der Waals surface area contributed by atoms with Crippen molar-refractivity contribution >= 4 is 34.3 Å². The van der Waals surface area contributed by atoms with Gasteiger partial charge in [0.1, 0.15) is 18.2 Å². The van der Waals surface area contributed by atoms with Crippen molar-refractivity contribution in [2.24, 2.45) is 0 Å². The Morgan fingerprint density at radius 1 is 1.04 bits per heavy atom. The number of fused-ring (bicyclic) bond motifs is 1. The quantitative estimate of drug-likeness (QED) is 0.480. The zero-order chi connectivity index (χ0) is 19.4. The zero-order valence-electron chi connectivity index (χ0n) is 16.0. The SMILES string of the molecule is COc1cccc(C[NH+](C)Cc2cc3ccc(SC)cc3nc2Cl)c1OC. The number of aromatic nitrogens is 1. The molecular weight excluding hydrogens is 380 g/mol. The van der Waals surface area contributed by atoms with Gasteiger partial charge >= 0.3 is 0 Å². The van der Waals surface area contributed by atoms with Crippen molar-refractivity contribution in [3.8, 4) is 11.5 Å². The molecule has 1 N–H and O–H groups in total. The van der Waals surface area contributed by atoms with Crippen molar-refractivity contribution in [1.82, 2.24) is 4.98 Å². The molecule has 27 heavy (non-hydrogen) atoms. The Labute approximate surface area is 169 Å². The summed E-state index contributed by atoms with van der Waals surface area (Å²) in [6.45, 7) is 1.56. The van der Waals surface area contributed by atoms with Gasteiger partial charge in [0.2, 0.25) is 0 Å². The Hall–Kier alpha value is -1.95. The van der Waals surface area contributed by atoms with E-state index in [0.717, 1.165) is 46.6 Å². The first kappa shape index (κ1) is 19.8. The highest BCUT2D eigenvalue weighted by atomic mass is 35.5. The number of nitrogens with one attached hydrogen (secondary N) is 1. The summed E-state index contributed by atoms with van der Waals surface area (Å²) in [5, 5.41) is 1.68. The molecule has 0 fully saturated rings. The van der Waals surface area contributed by atoms with Crippen molar-refractivity contribution in [3.05, 3.63) is 58.7 Å². The minimum atomic E-state index is 0.567.